The predicted octanol–water partition coefficient (Wildman–Crippen LogP) is 0.250. The van der Waals surface area contributed by atoms with Crippen molar-refractivity contribution in [2.75, 3.05) is 18.2 Å². The number of alkyl halides is 3. The topological polar surface area (TPSA) is 210 Å². The van der Waals surface area contributed by atoms with Crippen LogP contribution in [0, 0.1) is 0 Å². The van der Waals surface area contributed by atoms with Crippen molar-refractivity contribution in [3.05, 3.63) is 59.5 Å². The van der Waals surface area contributed by atoms with Gasteiger partial charge in [-0.05, 0) is 29.8 Å². The summed E-state index contributed by atoms with van der Waals surface area (Å²) in [7, 11) is -7.86. The second kappa shape index (κ2) is 10.3. The van der Waals surface area contributed by atoms with Crippen molar-refractivity contribution >= 4 is 48.3 Å². The average Bonchev–Trinajstić information content (AvgIpc) is 2.80. The summed E-state index contributed by atoms with van der Waals surface area (Å²) in [5, 5.41) is 24.7. The monoisotopic (exact) mass is 600 g/mol. The zero-order valence-corrected chi connectivity index (χ0v) is 22.1. The number of fused-ring (bicyclic) bond motifs is 2. The minimum atomic E-state index is -5.19. The van der Waals surface area contributed by atoms with E-state index in [-0.39, 0.29) is 59.8 Å². The van der Waals surface area contributed by atoms with E-state index in [1.54, 1.807) is 18.2 Å². The van der Waals surface area contributed by atoms with Crippen molar-refractivity contribution in [1.82, 2.24) is 0 Å². The summed E-state index contributed by atoms with van der Waals surface area (Å²) < 4.78 is 87.9. The van der Waals surface area contributed by atoms with Crippen LogP contribution in [-0.4, -0.2) is 52.6 Å². The molecule has 40 heavy (non-hydrogen) atoms. The molecule has 11 nitrogen and oxygen atoms in total. The standard InChI is InChI=1S/C22H18N2O7S2.C2HF3O2/c1-32(27,28)20-15(23)9-7-13-17(11-5-3-4-6-12(11)22(25)26)14-8-10-16(24)21(33(2,29)30)19(14)31-18(13)20;3-2(4,5)1(6)7/h3-10,23H,24H2,1-2H3,(H,25,26);(H,6,7). The van der Waals surface area contributed by atoms with Crippen LogP contribution in [0.1, 0.15) is 10.4 Å². The predicted molar refractivity (Wildman–Crippen MR) is 132 cm³/mol. The zero-order chi connectivity index (χ0) is 30.4. The molecule has 1 aliphatic carbocycles. The highest BCUT2D eigenvalue weighted by Crippen LogP contribution is 2.45. The summed E-state index contributed by atoms with van der Waals surface area (Å²) in [5.74, 6) is -4.42. The van der Waals surface area contributed by atoms with Crippen LogP contribution < -0.4 is 21.6 Å². The van der Waals surface area contributed by atoms with E-state index in [4.69, 9.17) is 25.5 Å². The van der Waals surface area contributed by atoms with Crippen LogP contribution >= 0.6 is 0 Å². The van der Waals surface area contributed by atoms with Crippen molar-refractivity contribution in [3.8, 4) is 22.5 Å². The van der Waals surface area contributed by atoms with Gasteiger partial charge in [0.1, 0.15) is 10.9 Å². The Hall–Kier alpha value is -4.44. The molecule has 2 aliphatic rings. The van der Waals surface area contributed by atoms with E-state index < -0.39 is 37.8 Å². The first kappa shape index (κ1) is 30.1. The lowest BCUT2D eigenvalue weighted by atomic mass is 9.90. The number of benzene rings is 3. The Balaban J connectivity index is 0.000000559. The fraction of sp³-hybridized carbons (Fsp3) is 0.125. The minimum absolute atomic E-state index is 0.0678. The molecule has 0 radical (unpaired) electrons. The number of carboxylic acids is 2. The maximum atomic E-state index is 12.6. The molecule has 0 saturated carbocycles. The summed E-state index contributed by atoms with van der Waals surface area (Å²) in [6.45, 7) is 0. The number of carbonyl (C=O) groups excluding carboxylic acids is 1. The highest BCUT2D eigenvalue weighted by atomic mass is 32.2. The average molecular weight is 601 g/mol. The smallest absolute Gasteiger partial charge is 0.430 e. The third kappa shape index (κ3) is 5.76. The molecule has 0 bridgehead atoms. The third-order valence-electron chi connectivity index (χ3n) is 5.43. The summed E-state index contributed by atoms with van der Waals surface area (Å²) in [6, 6.07) is 11.9. The first-order valence-electron chi connectivity index (χ1n) is 10.7. The largest absolute Gasteiger partial charge is 0.542 e. The van der Waals surface area contributed by atoms with E-state index in [2.05, 4.69) is 0 Å². The normalized spacial score (nSPS) is 12.1. The molecule has 2 aromatic carbocycles. The number of nitrogen functional groups attached to an aromatic ring is 1. The number of sulfone groups is 2. The number of aromatic carboxylic acids is 1. The molecule has 0 aromatic heterocycles. The van der Waals surface area contributed by atoms with Crippen LogP contribution in [0.5, 0.6) is 0 Å². The van der Waals surface area contributed by atoms with Gasteiger partial charge in [0.25, 0.3) is 0 Å². The van der Waals surface area contributed by atoms with Gasteiger partial charge in [0.05, 0.1) is 11.3 Å². The number of carboxylic acid groups (broad SMARTS) is 2. The van der Waals surface area contributed by atoms with Gasteiger partial charge in [-0.1, -0.05) is 18.2 Å². The molecule has 212 valence electrons. The Morgan fingerprint density at radius 1 is 0.925 bits per heavy atom. The molecule has 0 unspecified atom stereocenters. The van der Waals surface area contributed by atoms with E-state index in [1.807, 2.05) is 0 Å². The highest BCUT2D eigenvalue weighted by molar-refractivity contribution is 7.91. The molecular weight excluding hydrogens is 581 g/mol. The van der Waals surface area contributed by atoms with Crippen LogP contribution in [0.2, 0.25) is 0 Å². The van der Waals surface area contributed by atoms with E-state index in [0.717, 1.165) is 12.5 Å². The number of halogens is 3. The second-order valence-corrected chi connectivity index (χ2v) is 12.3. The molecular formula is C24H19F3N2O9S2. The van der Waals surface area contributed by atoms with Crippen LogP contribution in [0.3, 0.4) is 0 Å². The second-order valence-electron chi connectivity index (χ2n) is 8.38. The maximum absolute atomic E-state index is 12.6. The van der Waals surface area contributed by atoms with Gasteiger partial charge in [0.2, 0.25) is 5.36 Å². The van der Waals surface area contributed by atoms with Gasteiger partial charge in [0, 0.05) is 35.1 Å². The van der Waals surface area contributed by atoms with Gasteiger partial charge < -0.3 is 25.2 Å². The van der Waals surface area contributed by atoms with Crippen molar-refractivity contribution in [2.24, 2.45) is 0 Å². The van der Waals surface area contributed by atoms with Crippen molar-refractivity contribution in [3.63, 3.8) is 0 Å². The molecule has 0 fully saturated rings. The van der Waals surface area contributed by atoms with Crippen molar-refractivity contribution < 1.29 is 59.6 Å². The quantitative estimate of drug-likeness (QED) is 0.215. The molecule has 2 aromatic rings. The first-order chi connectivity index (χ1) is 18.3. The van der Waals surface area contributed by atoms with Crippen molar-refractivity contribution in [1.29, 1.82) is 0 Å². The number of hydrogen-bond donors (Lipinski definition) is 3. The Labute approximate surface area is 224 Å². The van der Waals surface area contributed by atoms with E-state index >= 15 is 0 Å². The van der Waals surface area contributed by atoms with Gasteiger partial charge in [-0.3, -0.25) is 5.41 Å². The number of rotatable bonds is 4. The van der Waals surface area contributed by atoms with E-state index in [9.17, 15) is 39.9 Å². The Bertz CT molecular complexity index is 1930. The molecule has 1 aliphatic heterocycles. The number of hydrogen-bond acceptors (Lipinski definition) is 9. The molecule has 0 spiro atoms. The Morgan fingerprint density at radius 2 is 1.48 bits per heavy atom. The van der Waals surface area contributed by atoms with Gasteiger partial charge in [-0.15, -0.1) is 0 Å². The SMILES string of the molecule is CS(=O)(=O)c1c2oc3c(S(C)(=O)=O)c(N)ccc3c(-c3ccccc3C(=O)O)c-2ccc1=[NH2+].O=C([O-])C(F)(F)F. The Kier molecular flexibility index (Phi) is 7.73. The number of anilines is 1. The van der Waals surface area contributed by atoms with Gasteiger partial charge in [0.15, 0.2) is 35.9 Å². The third-order valence-corrected chi connectivity index (χ3v) is 7.75. The molecule has 1 heterocycles. The maximum Gasteiger partial charge on any atom is 0.430 e. The zero-order valence-electron chi connectivity index (χ0n) is 20.4. The number of aliphatic carboxylic acids is 1. The summed E-state index contributed by atoms with van der Waals surface area (Å²) in [4.78, 5) is 20.1. The van der Waals surface area contributed by atoms with Crippen LogP contribution in [0.4, 0.5) is 18.9 Å². The molecule has 5 N–H and O–H groups in total. The lowest BCUT2D eigenvalue weighted by molar-refractivity contribution is -0.344. The van der Waals surface area contributed by atoms with Crippen molar-refractivity contribution in [2.45, 2.75) is 16.0 Å². The first-order valence-corrected chi connectivity index (χ1v) is 14.5. The fourth-order valence-corrected chi connectivity index (χ4v) is 5.91. The van der Waals surface area contributed by atoms with Crippen LogP contribution in [-0.2, 0) is 24.5 Å². The highest BCUT2D eigenvalue weighted by Gasteiger charge is 2.31. The minimum Gasteiger partial charge on any atom is -0.542 e. The molecule has 0 saturated heterocycles. The number of carbonyl (C=O) groups is 2. The van der Waals surface area contributed by atoms with Gasteiger partial charge >= 0.3 is 12.1 Å². The number of nitrogens with two attached hydrogens (primary N) is 2. The molecule has 4 rings (SSSR count). The van der Waals surface area contributed by atoms with E-state index in [0.29, 0.717) is 0 Å². The summed E-state index contributed by atoms with van der Waals surface area (Å²) in [6.07, 6.45) is -3.31. The van der Waals surface area contributed by atoms with Gasteiger partial charge in [-0.2, -0.15) is 13.2 Å². The lowest BCUT2D eigenvalue weighted by Crippen LogP contribution is -2.47. The van der Waals surface area contributed by atoms with E-state index in [1.165, 1.54) is 30.3 Å². The Morgan fingerprint density at radius 3 is 1.98 bits per heavy atom. The van der Waals surface area contributed by atoms with Crippen LogP contribution in [0.25, 0.3) is 33.4 Å². The fourth-order valence-electron chi connectivity index (χ4n) is 3.94. The molecule has 16 heteroatoms. The summed E-state index contributed by atoms with van der Waals surface area (Å²) >= 11 is 0. The van der Waals surface area contributed by atoms with Crippen LogP contribution in [0.15, 0.2) is 62.7 Å². The van der Waals surface area contributed by atoms with Gasteiger partial charge in [-0.25, -0.2) is 21.6 Å². The summed E-state index contributed by atoms with van der Waals surface area (Å²) in [5.41, 5.74) is 6.36. The molecule has 0 amide bonds. The lowest BCUT2D eigenvalue weighted by Gasteiger charge is -2.19. The molecule has 0 atom stereocenters.